The van der Waals surface area contributed by atoms with Crippen molar-refractivity contribution in [2.24, 2.45) is 0 Å². The number of aromatic nitrogens is 2. The minimum atomic E-state index is -4.46. The molecular weight excluding hydrogens is 331 g/mol. The SMILES string of the molecule is O=C(Nc1cccc(Cl)c1)c1cnc2cc(C(F)(F)F)ccn12. The zero-order chi connectivity index (χ0) is 16.6. The third-order valence-electron chi connectivity index (χ3n) is 3.16. The Kier molecular flexibility index (Phi) is 3.73. The first-order valence-corrected chi connectivity index (χ1v) is 6.83. The van der Waals surface area contributed by atoms with Crippen molar-refractivity contribution in [3.63, 3.8) is 0 Å². The van der Waals surface area contributed by atoms with E-state index in [1.54, 1.807) is 24.3 Å². The summed E-state index contributed by atoms with van der Waals surface area (Å²) < 4.78 is 39.3. The second-order valence-corrected chi connectivity index (χ2v) is 5.19. The van der Waals surface area contributed by atoms with Crippen LogP contribution in [0.3, 0.4) is 0 Å². The zero-order valence-electron chi connectivity index (χ0n) is 11.4. The molecular formula is C15H9ClF3N3O. The molecule has 0 aliphatic carbocycles. The van der Waals surface area contributed by atoms with E-state index in [-0.39, 0.29) is 11.3 Å². The average molecular weight is 340 g/mol. The topological polar surface area (TPSA) is 46.4 Å². The van der Waals surface area contributed by atoms with Crippen molar-refractivity contribution < 1.29 is 18.0 Å². The van der Waals surface area contributed by atoms with Gasteiger partial charge < -0.3 is 5.32 Å². The second-order valence-electron chi connectivity index (χ2n) is 4.75. The number of hydrogen-bond acceptors (Lipinski definition) is 2. The maximum absolute atomic E-state index is 12.7. The summed E-state index contributed by atoms with van der Waals surface area (Å²) >= 11 is 5.83. The van der Waals surface area contributed by atoms with E-state index in [0.717, 1.165) is 18.3 Å². The van der Waals surface area contributed by atoms with E-state index in [9.17, 15) is 18.0 Å². The van der Waals surface area contributed by atoms with Gasteiger partial charge in [-0.3, -0.25) is 9.20 Å². The zero-order valence-corrected chi connectivity index (χ0v) is 12.2. The maximum Gasteiger partial charge on any atom is 0.416 e. The molecule has 1 amide bonds. The number of nitrogens with zero attached hydrogens (tertiary/aromatic N) is 2. The number of amides is 1. The van der Waals surface area contributed by atoms with Gasteiger partial charge in [-0.05, 0) is 30.3 Å². The molecule has 3 rings (SSSR count). The highest BCUT2D eigenvalue weighted by Crippen LogP contribution is 2.29. The summed E-state index contributed by atoms with van der Waals surface area (Å²) in [7, 11) is 0. The fourth-order valence-electron chi connectivity index (χ4n) is 2.09. The molecule has 0 bridgehead atoms. The molecule has 2 aromatic heterocycles. The summed E-state index contributed by atoms with van der Waals surface area (Å²) in [6, 6.07) is 8.31. The molecule has 0 fully saturated rings. The lowest BCUT2D eigenvalue weighted by atomic mass is 10.2. The minimum Gasteiger partial charge on any atom is -0.321 e. The standard InChI is InChI=1S/C15H9ClF3N3O/c16-10-2-1-3-11(7-10)21-14(23)12-8-20-13-6-9(15(17,18)19)4-5-22(12)13/h1-8H,(H,21,23). The van der Waals surface area contributed by atoms with Crippen LogP contribution in [0.1, 0.15) is 16.1 Å². The number of benzene rings is 1. The Labute approximate surface area is 133 Å². The van der Waals surface area contributed by atoms with Crippen LogP contribution in [0.2, 0.25) is 5.02 Å². The van der Waals surface area contributed by atoms with Crippen molar-refractivity contribution in [3.8, 4) is 0 Å². The molecule has 0 saturated heterocycles. The third-order valence-corrected chi connectivity index (χ3v) is 3.39. The quantitative estimate of drug-likeness (QED) is 0.758. The van der Waals surface area contributed by atoms with Crippen molar-refractivity contribution in [1.29, 1.82) is 0 Å². The second kappa shape index (κ2) is 5.58. The molecule has 118 valence electrons. The van der Waals surface area contributed by atoms with E-state index in [1.807, 2.05) is 0 Å². The van der Waals surface area contributed by atoms with Gasteiger partial charge in [0.2, 0.25) is 0 Å². The van der Waals surface area contributed by atoms with Crippen molar-refractivity contribution in [1.82, 2.24) is 9.38 Å². The number of anilines is 1. The lowest BCUT2D eigenvalue weighted by molar-refractivity contribution is -0.137. The molecule has 23 heavy (non-hydrogen) atoms. The normalized spacial score (nSPS) is 11.7. The van der Waals surface area contributed by atoms with Gasteiger partial charge in [-0.25, -0.2) is 4.98 Å². The van der Waals surface area contributed by atoms with E-state index in [0.29, 0.717) is 10.7 Å². The van der Waals surface area contributed by atoms with Gasteiger partial charge in [-0.2, -0.15) is 13.2 Å². The monoisotopic (exact) mass is 339 g/mol. The third kappa shape index (κ3) is 3.14. The van der Waals surface area contributed by atoms with Gasteiger partial charge in [-0.1, -0.05) is 17.7 Å². The Hall–Kier alpha value is -2.54. The van der Waals surface area contributed by atoms with Crippen LogP contribution in [0.5, 0.6) is 0 Å². The van der Waals surface area contributed by atoms with Gasteiger partial charge in [0.25, 0.3) is 5.91 Å². The van der Waals surface area contributed by atoms with Crippen LogP contribution in [-0.4, -0.2) is 15.3 Å². The molecule has 0 atom stereocenters. The average Bonchev–Trinajstić information content (AvgIpc) is 2.89. The first-order chi connectivity index (χ1) is 10.8. The molecule has 0 aliphatic heterocycles. The maximum atomic E-state index is 12.7. The predicted molar refractivity (Wildman–Crippen MR) is 79.6 cm³/mol. The number of carbonyl (C=O) groups is 1. The molecule has 0 unspecified atom stereocenters. The molecule has 3 aromatic rings. The highest BCUT2D eigenvalue weighted by molar-refractivity contribution is 6.30. The summed E-state index contributed by atoms with van der Waals surface area (Å²) in [6.07, 6.45) is -2.08. The van der Waals surface area contributed by atoms with Crippen LogP contribution in [0.15, 0.2) is 48.8 Å². The number of halogens is 4. The number of rotatable bonds is 2. The Morgan fingerprint density at radius 1 is 1.22 bits per heavy atom. The molecule has 1 N–H and O–H groups in total. The van der Waals surface area contributed by atoms with Gasteiger partial charge in [0.05, 0.1) is 11.8 Å². The summed E-state index contributed by atoms with van der Waals surface area (Å²) in [6.45, 7) is 0. The first kappa shape index (κ1) is 15.4. The van der Waals surface area contributed by atoms with E-state index < -0.39 is 17.6 Å². The number of pyridine rings is 1. The van der Waals surface area contributed by atoms with Crippen LogP contribution in [0, 0.1) is 0 Å². The van der Waals surface area contributed by atoms with Crippen molar-refractivity contribution in [2.75, 3.05) is 5.32 Å². The van der Waals surface area contributed by atoms with Crippen molar-refractivity contribution in [3.05, 3.63) is 65.1 Å². The van der Waals surface area contributed by atoms with E-state index in [4.69, 9.17) is 11.6 Å². The molecule has 0 aliphatic rings. The number of imidazole rings is 1. The number of alkyl halides is 3. The van der Waals surface area contributed by atoms with Crippen LogP contribution in [0.4, 0.5) is 18.9 Å². The van der Waals surface area contributed by atoms with Gasteiger partial charge >= 0.3 is 6.18 Å². The molecule has 8 heteroatoms. The van der Waals surface area contributed by atoms with E-state index in [2.05, 4.69) is 10.3 Å². The van der Waals surface area contributed by atoms with Crippen molar-refractivity contribution in [2.45, 2.75) is 6.18 Å². The van der Waals surface area contributed by atoms with Crippen LogP contribution in [-0.2, 0) is 6.18 Å². The van der Waals surface area contributed by atoms with Crippen LogP contribution < -0.4 is 5.32 Å². The smallest absolute Gasteiger partial charge is 0.321 e. The molecule has 0 radical (unpaired) electrons. The van der Waals surface area contributed by atoms with Crippen molar-refractivity contribution >= 4 is 28.8 Å². The summed E-state index contributed by atoms with van der Waals surface area (Å²) in [5.74, 6) is -0.500. The minimum absolute atomic E-state index is 0.0380. The Morgan fingerprint density at radius 3 is 2.70 bits per heavy atom. The van der Waals surface area contributed by atoms with Gasteiger partial charge in [0.1, 0.15) is 11.3 Å². The fourth-order valence-corrected chi connectivity index (χ4v) is 2.28. The summed E-state index contributed by atoms with van der Waals surface area (Å²) in [5.41, 5.74) is -0.188. The Morgan fingerprint density at radius 2 is 2.00 bits per heavy atom. The number of fused-ring (bicyclic) bond motifs is 1. The first-order valence-electron chi connectivity index (χ1n) is 6.46. The molecule has 0 spiro atoms. The molecule has 1 aromatic carbocycles. The Balaban J connectivity index is 1.92. The fraction of sp³-hybridized carbons (Fsp3) is 0.0667. The van der Waals surface area contributed by atoms with Crippen LogP contribution in [0.25, 0.3) is 5.65 Å². The van der Waals surface area contributed by atoms with Gasteiger partial charge in [0.15, 0.2) is 0 Å². The Bertz CT molecular complexity index is 889. The largest absolute Gasteiger partial charge is 0.416 e. The molecule has 2 heterocycles. The molecule has 0 saturated carbocycles. The highest BCUT2D eigenvalue weighted by atomic mass is 35.5. The number of hydrogen-bond donors (Lipinski definition) is 1. The number of nitrogens with one attached hydrogen (secondary N) is 1. The van der Waals surface area contributed by atoms with E-state index >= 15 is 0 Å². The summed E-state index contributed by atoms with van der Waals surface area (Å²) in [5, 5.41) is 3.07. The van der Waals surface area contributed by atoms with Gasteiger partial charge in [0, 0.05) is 16.9 Å². The lowest BCUT2D eigenvalue weighted by Gasteiger charge is -2.08. The van der Waals surface area contributed by atoms with Gasteiger partial charge in [-0.15, -0.1) is 0 Å². The van der Waals surface area contributed by atoms with Crippen LogP contribution >= 0.6 is 11.6 Å². The van der Waals surface area contributed by atoms with E-state index in [1.165, 1.54) is 10.6 Å². The number of carbonyl (C=O) groups excluding carboxylic acids is 1. The lowest BCUT2D eigenvalue weighted by Crippen LogP contribution is -2.14. The molecule has 4 nitrogen and oxygen atoms in total. The highest BCUT2D eigenvalue weighted by Gasteiger charge is 2.31. The summed E-state index contributed by atoms with van der Waals surface area (Å²) in [4.78, 5) is 16.1. The predicted octanol–water partition coefficient (Wildman–Crippen LogP) is 4.26.